The fourth-order valence-corrected chi connectivity index (χ4v) is 2.08. The molecule has 0 fully saturated rings. The van der Waals surface area contributed by atoms with Crippen LogP contribution in [0.2, 0.25) is 0 Å². The van der Waals surface area contributed by atoms with Gasteiger partial charge in [-0.25, -0.2) is 4.98 Å². The first-order valence-electron chi connectivity index (χ1n) is 6.77. The van der Waals surface area contributed by atoms with Gasteiger partial charge in [0.05, 0.1) is 17.2 Å². The highest BCUT2D eigenvalue weighted by Crippen LogP contribution is 2.18. The Balaban J connectivity index is 1.96. The van der Waals surface area contributed by atoms with Crippen molar-refractivity contribution in [2.75, 3.05) is 12.3 Å². The number of anilines is 1. The maximum Gasteiger partial charge on any atom is 0.256 e. The van der Waals surface area contributed by atoms with Crippen LogP contribution >= 0.6 is 0 Å². The van der Waals surface area contributed by atoms with Crippen molar-refractivity contribution in [3.8, 4) is 5.95 Å². The molecule has 1 aromatic carbocycles. The van der Waals surface area contributed by atoms with Crippen LogP contribution in [0.4, 0.5) is 5.82 Å². The van der Waals surface area contributed by atoms with Gasteiger partial charge in [-0.15, -0.1) is 0 Å². The van der Waals surface area contributed by atoms with Gasteiger partial charge in [0.1, 0.15) is 11.4 Å². The first-order chi connectivity index (χ1) is 10.2. The number of hydrogen-bond donors (Lipinski definition) is 3. The van der Waals surface area contributed by atoms with E-state index in [2.05, 4.69) is 20.4 Å². The largest absolute Gasteiger partial charge is 0.383 e. The molecule has 0 unspecified atom stereocenters. The van der Waals surface area contributed by atoms with E-state index < -0.39 is 0 Å². The molecular formula is C14H16N6O. The normalized spacial score (nSPS) is 10.9. The minimum atomic E-state index is -0.225. The molecule has 3 aromatic rings. The van der Waals surface area contributed by atoms with E-state index in [0.29, 0.717) is 18.1 Å². The van der Waals surface area contributed by atoms with Crippen molar-refractivity contribution in [1.29, 1.82) is 0 Å². The van der Waals surface area contributed by atoms with Crippen LogP contribution in [0.25, 0.3) is 17.0 Å². The van der Waals surface area contributed by atoms with Crippen LogP contribution in [0.3, 0.4) is 0 Å². The summed E-state index contributed by atoms with van der Waals surface area (Å²) in [5.41, 5.74) is 8.07. The maximum absolute atomic E-state index is 12.0. The number of para-hydroxylation sites is 2. The number of carbonyl (C=O) groups is 1. The number of fused-ring (bicyclic) bond motifs is 1. The zero-order valence-corrected chi connectivity index (χ0v) is 11.6. The Bertz CT molecular complexity index is 755. The number of hydrogen-bond acceptors (Lipinski definition) is 4. The summed E-state index contributed by atoms with van der Waals surface area (Å²) in [5, 5.41) is 6.93. The molecule has 1 amide bonds. The van der Waals surface area contributed by atoms with Gasteiger partial charge in [-0.05, 0) is 18.6 Å². The lowest BCUT2D eigenvalue weighted by Crippen LogP contribution is -2.24. The summed E-state index contributed by atoms with van der Waals surface area (Å²) in [6.45, 7) is 2.59. The Labute approximate surface area is 121 Å². The van der Waals surface area contributed by atoms with E-state index in [-0.39, 0.29) is 11.7 Å². The monoisotopic (exact) mass is 284 g/mol. The molecule has 108 valence electrons. The van der Waals surface area contributed by atoms with E-state index in [9.17, 15) is 4.79 Å². The summed E-state index contributed by atoms with van der Waals surface area (Å²) in [4.78, 5) is 19.5. The predicted molar refractivity (Wildman–Crippen MR) is 80.3 cm³/mol. The van der Waals surface area contributed by atoms with Crippen LogP contribution in [0.15, 0.2) is 30.5 Å². The van der Waals surface area contributed by atoms with Crippen LogP contribution in [0.1, 0.15) is 23.7 Å². The number of rotatable bonds is 4. The number of aromatic nitrogens is 4. The van der Waals surface area contributed by atoms with Gasteiger partial charge in [-0.1, -0.05) is 19.1 Å². The summed E-state index contributed by atoms with van der Waals surface area (Å²) >= 11 is 0. The Morgan fingerprint density at radius 2 is 2.24 bits per heavy atom. The number of carbonyl (C=O) groups excluding carboxylic acids is 1. The lowest BCUT2D eigenvalue weighted by molar-refractivity contribution is 0.0954. The highest BCUT2D eigenvalue weighted by Gasteiger charge is 2.17. The van der Waals surface area contributed by atoms with E-state index in [0.717, 1.165) is 17.5 Å². The lowest BCUT2D eigenvalue weighted by atomic mass is 10.3. The third kappa shape index (κ3) is 2.33. The van der Waals surface area contributed by atoms with Gasteiger partial charge in [0.25, 0.3) is 5.91 Å². The number of nitrogens with two attached hydrogens (primary N) is 1. The minimum absolute atomic E-state index is 0.225. The molecule has 4 N–H and O–H groups in total. The molecule has 7 heteroatoms. The van der Waals surface area contributed by atoms with Crippen LogP contribution in [-0.2, 0) is 0 Å². The topological polar surface area (TPSA) is 102 Å². The number of imidazole rings is 1. The maximum atomic E-state index is 12.0. The van der Waals surface area contributed by atoms with Gasteiger partial charge in [0, 0.05) is 6.54 Å². The molecule has 3 rings (SSSR count). The summed E-state index contributed by atoms with van der Waals surface area (Å²) in [5.74, 6) is 0.530. The van der Waals surface area contributed by atoms with Crippen LogP contribution in [0.5, 0.6) is 0 Å². The summed E-state index contributed by atoms with van der Waals surface area (Å²) in [6.07, 6.45) is 2.32. The Morgan fingerprint density at radius 3 is 3.00 bits per heavy atom. The number of nitrogens with zero attached hydrogens (tertiary/aromatic N) is 3. The van der Waals surface area contributed by atoms with E-state index in [1.807, 2.05) is 31.2 Å². The second kappa shape index (κ2) is 5.28. The molecule has 2 heterocycles. The number of nitrogens with one attached hydrogen (secondary N) is 2. The second-order valence-corrected chi connectivity index (χ2v) is 4.69. The van der Waals surface area contributed by atoms with Crippen LogP contribution in [-0.4, -0.2) is 32.2 Å². The van der Waals surface area contributed by atoms with Crippen molar-refractivity contribution >= 4 is 22.8 Å². The molecule has 0 aliphatic heterocycles. The highest BCUT2D eigenvalue weighted by molar-refractivity contribution is 5.98. The third-order valence-corrected chi connectivity index (χ3v) is 3.16. The number of aromatic amines is 1. The van der Waals surface area contributed by atoms with Gasteiger partial charge >= 0.3 is 0 Å². The molecule has 0 aliphatic carbocycles. The zero-order chi connectivity index (χ0) is 14.8. The summed E-state index contributed by atoms with van der Waals surface area (Å²) in [7, 11) is 0. The van der Waals surface area contributed by atoms with Gasteiger partial charge < -0.3 is 16.0 Å². The molecule has 0 bridgehead atoms. The van der Waals surface area contributed by atoms with Crippen molar-refractivity contribution < 1.29 is 4.79 Å². The molecule has 0 spiro atoms. The number of amides is 1. The Kier molecular flexibility index (Phi) is 3.31. The molecule has 0 radical (unpaired) electrons. The number of benzene rings is 1. The van der Waals surface area contributed by atoms with Gasteiger partial charge in [0.2, 0.25) is 5.95 Å². The SMILES string of the molecule is CCCNC(=O)c1cnn(-c2nc3ccccc3[nH]2)c1N. The summed E-state index contributed by atoms with van der Waals surface area (Å²) < 4.78 is 1.43. The standard InChI is InChI=1S/C14H16N6O/c1-2-7-16-13(21)9-8-17-20(12(9)15)14-18-10-5-3-4-6-11(10)19-14/h3-6,8H,2,7,15H2,1H3,(H,16,21)(H,18,19). The molecule has 0 aliphatic rings. The van der Waals surface area contributed by atoms with Gasteiger partial charge in [-0.3, -0.25) is 4.79 Å². The fraction of sp³-hybridized carbons (Fsp3) is 0.214. The van der Waals surface area contributed by atoms with E-state index in [1.165, 1.54) is 10.9 Å². The third-order valence-electron chi connectivity index (χ3n) is 3.16. The first kappa shape index (κ1) is 13.2. The van der Waals surface area contributed by atoms with Crippen molar-refractivity contribution in [1.82, 2.24) is 25.1 Å². The van der Waals surface area contributed by atoms with Crippen molar-refractivity contribution in [2.45, 2.75) is 13.3 Å². The highest BCUT2D eigenvalue weighted by atomic mass is 16.1. The van der Waals surface area contributed by atoms with Gasteiger partial charge in [-0.2, -0.15) is 9.78 Å². The van der Waals surface area contributed by atoms with Crippen LogP contribution in [0, 0.1) is 0 Å². The number of nitrogen functional groups attached to an aromatic ring is 1. The fourth-order valence-electron chi connectivity index (χ4n) is 2.08. The summed E-state index contributed by atoms with van der Waals surface area (Å²) in [6, 6.07) is 7.63. The van der Waals surface area contributed by atoms with Crippen molar-refractivity contribution in [3.63, 3.8) is 0 Å². The van der Waals surface area contributed by atoms with Gasteiger partial charge in [0.15, 0.2) is 0 Å². The Morgan fingerprint density at radius 1 is 1.43 bits per heavy atom. The Hall–Kier alpha value is -2.83. The van der Waals surface area contributed by atoms with Crippen molar-refractivity contribution in [2.24, 2.45) is 0 Å². The van der Waals surface area contributed by atoms with E-state index in [4.69, 9.17) is 5.73 Å². The lowest BCUT2D eigenvalue weighted by Gasteiger charge is -2.03. The molecule has 0 saturated heterocycles. The molecule has 21 heavy (non-hydrogen) atoms. The average Bonchev–Trinajstić information content (AvgIpc) is 3.07. The van der Waals surface area contributed by atoms with Crippen molar-refractivity contribution in [3.05, 3.63) is 36.0 Å². The quantitative estimate of drug-likeness (QED) is 0.675. The minimum Gasteiger partial charge on any atom is -0.383 e. The second-order valence-electron chi connectivity index (χ2n) is 4.69. The average molecular weight is 284 g/mol. The molecular weight excluding hydrogens is 268 g/mol. The molecule has 0 saturated carbocycles. The first-order valence-corrected chi connectivity index (χ1v) is 6.77. The zero-order valence-electron chi connectivity index (χ0n) is 11.6. The van der Waals surface area contributed by atoms with Crippen LogP contribution < -0.4 is 11.1 Å². The van der Waals surface area contributed by atoms with E-state index >= 15 is 0 Å². The predicted octanol–water partition coefficient (Wildman–Crippen LogP) is 1.47. The molecule has 7 nitrogen and oxygen atoms in total. The smallest absolute Gasteiger partial charge is 0.256 e. The van der Waals surface area contributed by atoms with E-state index in [1.54, 1.807) is 0 Å². The molecule has 0 atom stereocenters. The number of H-pyrrole nitrogens is 1. The molecule has 2 aromatic heterocycles.